The molecule has 1 aliphatic carbocycles. The van der Waals surface area contributed by atoms with Crippen LogP contribution in [0.3, 0.4) is 0 Å². The molecule has 0 unspecified atom stereocenters. The van der Waals surface area contributed by atoms with Crippen LogP contribution >= 0.6 is 0 Å². The molecule has 1 fully saturated rings. The minimum atomic E-state index is -5.08. The molecule has 1 saturated carbocycles. The molecule has 6 N–H and O–H groups in total. The number of carbonyl (C=O) groups excluding carboxylic acids is 1. The van der Waals surface area contributed by atoms with Crippen LogP contribution in [0.2, 0.25) is 0 Å². The number of nitrogens with two attached hydrogens (primary N) is 1. The van der Waals surface area contributed by atoms with Crippen LogP contribution in [0.25, 0.3) is 11.0 Å². The standard InChI is InChI=1S/C15H18N4O3.C2HF3O2/c16-13(20)11-7-18-14-10(5-6-17-14)12(11)19-9-3-1-8(2-4-9)15(21)22;3-2(4,5)1(6)7/h5-9H,1-4H2,(H2,16,20)(H,21,22)(H2,17,18,19);(H,6,7)/t8-,9+;. The zero-order chi connectivity index (χ0) is 21.8. The van der Waals surface area contributed by atoms with Gasteiger partial charge in [-0.25, -0.2) is 9.78 Å². The molecule has 0 bridgehead atoms. The van der Waals surface area contributed by atoms with Crippen LogP contribution in [0.4, 0.5) is 18.9 Å². The molecule has 1 amide bonds. The highest BCUT2D eigenvalue weighted by Gasteiger charge is 2.38. The van der Waals surface area contributed by atoms with Crippen molar-refractivity contribution in [3.05, 3.63) is 24.0 Å². The molecule has 2 heterocycles. The number of hydrogen-bond acceptors (Lipinski definition) is 5. The molecule has 0 saturated heterocycles. The number of aromatic amines is 1. The molecule has 0 aliphatic heterocycles. The molecule has 158 valence electrons. The summed E-state index contributed by atoms with van der Waals surface area (Å²) in [6, 6.07) is 1.98. The number of anilines is 1. The molecule has 29 heavy (non-hydrogen) atoms. The lowest BCUT2D eigenvalue weighted by Gasteiger charge is -2.28. The number of nitrogens with zero attached hydrogens (tertiary/aromatic N) is 1. The van der Waals surface area contributed by atoms with Crippen LogP contribution in [0, 0.1) is 5.92 Å². The number of primary amides is 1. The van der Waals surface area contributed by atoms with Crippen molar-refractivity contribution in [3.63, 3.8) is 0 Å². The lowest BCUT2D eigenvalue weighted by atomic mass is 9.86. The van der Waals surface area contributed by atoms with Crippen molar-refractivity contribution < 1.29 is 37.8 Å². The summed E-state index contributed by atoms with van der Waals surface area (Å²) in [4.78, 5) is 38.7. The predicted molar refractivity (Wildman–Crippen MR) is 95.3 cm³/mol. The lowest BCUT2D eigenvalue weighted by Crippen LogP contribution is -2.30. The number of alkyl halides is 3. The number of carbonyl (C=O) groups is 3. The minimum Gasteiger partial charge on any atom is -0.481 e. The molecule has 12 heteroatoms. The van der Waals surface area contributed by atoms with Crippen molar-refractivity contribution in [1.29, 1.82) is 0 Å². The summed E-state index contributed by atoms with van der Waals surface area (Å²) in [7, 11) is 0. The Morgan fingerprint density at radius 1 is 1.17 bits per heavy atom. The lowest BCUT2D eigenvalue weighted by molar-refractivity contribution is -0.192. The topological polar surface area (TPSA) is 158 Å². The van der Waals surface area contributed by atoms with E-state index in [2.05, 4.69) is 15.3 Å². The first kappa shape index (κ1) is 22.0. The maximum absolute atomic E-state index is 11.6. The fourth-order valence-electron chi connectivity index (χ4n) is 3.04. The second kappa shape index (κ2) is 8.80. The van der Waals surface area contributed by atoms with E-state index in [1.54, 1.807) is 6.20 Å². The van der Waals surface area contributed by atoms with Gasteiger partial charge in [-0.3, -0.25) is 9.59 Å². The van der Waals surface area contributed by atoms with E-state index in [-0.39, 0.29) is 12.0 Å². The molecular weight excluding hydrogens is 397 g/mol. The molecular formula is C17H19F3N4O5. The Labute approximate surface area is 162 Å². The molecule has 2 aromatic heterocycles. The highest BCUT2D eigenvalue weighted by atomic mass is 19.4. The molecule has 0 radical (unpaired) electrons. The summed E-state index contributed by atoms with van der Waals surface area (Å²) in [5.74, 6) is -4.28. The number of hydrogen-bond donors (Lipinski definition) is 5. The van der Waals surface area contributed by atoms with Gasteiger partial charge < -0.3 is 26.2 Å². The maximum atomic E-state index is 11.6. The third-order valence-electron chi connectivity index (χ3n) is 4.52. The summed E-state index contributed by atoms with van der Waals surface area (Å²) in [6.45, 7) is 0. The first-order valence-corrected chi connectivity index (χ1v) is 8.56. The Morgan fingerprint density at radius 3 is 2.24 bits per heavy atom. The van der Waals surface area contributed by atoms with Crippen LogP contribution in [0.15, 0.2) is 18.5 Å². The zero-order valence-corrected chi connectivity index (χ0v) is 15.0. The number of amides is 1. The molecule has 2 aromatic rings. The van der Waals surface area contributed by atoms with E-state index in [4.69, 9.17) is 20.7 Å². The fraction of sp³-hybridized carbons (Fsp3) is 0.412. The number of carboxylic acid groups (broad SMARTS) is 2. The quantitative estimate of drug-likeness (QED) is 0.512. The number of H-pyrrole nitrogens is 1. The third-order valence-corrected chi connectivity index (χ3v) is 4.52. The van der Waals surface area contributed by atoms with Gasteiger partial charge >= 0.3 is 18.1 Å². The fourth-order valence-corrected chi connectivity index (χ4v) is 3.04. The van der Waals surface area contributed by atoms with Crippen LogP contribution < -0.4 is 11.1 Å². The van der Waals surface area contributed by atoms with E-state index in [0.717, 1.165) is 18.2 Å². The van der Waals surface area contributed by atoms with Gasteiger partial charge in [0.25, 0.3) is 5.91 Å². The Balaban J connectivity index is 0.000000370. The van der Waals surface area contributed by atoms with Gasteiger partial charge in [-0.1, -0.05) is 0 Å². The predicted octanol–water partition coefficient (Wildman–Crippen LogP) is 2.35. The molecule has 0 spiro atoms. The average Bonchev–Trinajstić information content (AvgIpc) is 3.11. The normalized spacial score (nSPS) is 19.1. The van der Waals surface area contributed by atoms with E-state index in [0.29, 0.717) is 29.7 Å². The summed E-state index contributed by atoms with van der Waals surface area (Å²) in [6.07, 6.45) is 0.925. The van der Waals surface area contributed by atoms with Crippen molar-refractivity contribution in [2.24, 2.45) is 11.7 Å². The highest BCUT2D eigenvalue weighted by molar-refractivity contribution is 6.05. The van der Waals surface area contributed by atoms with Gasteiger partial charge in [0, 0.05) is 23.8 Å². The van der Waals surface area contributed by atoms with Crippen LogP contribution in [0.1, 0.15) is 36.0 Å². The first-order valence-electron chi connectivity index (χ1n) is 8.56. The van der Waals surface area contributed by atoms with Crippen molar-refractivity contribution in [1.82, 2.24) is 9.97 Å². The van der Waals surface area contributed by atoms with Crippen LogP contribution in [-0.2, 0) is 9.59 Å². The van der Waals surface area contributed by atoms with Gasteiger partial charge in [0.2, 0.25) is 0 Å². The van der Waals surface area contributed by atoms with Crippen molar-refractivity contribution >= 4 is 34.6 Å². The number of rotatable bonds is 4. The monoisotopic (exact) mass is 416 g/mol. The molecule has 0 atom stereocenters. The maximum Gasteiger partial charge on any atom is 0.490 e. The smallest absolute Gasteiger partial charge is 0.481 e. The van der Waals surface area contributed by atoms with Crippen molar-refractivity contribution in [2.75, 3.05) is 5.32 Å². The second-order valence-electron chi connectivity index (χ2n) is 6.49. The van der Waals surface area contributed by atoms with Gasteiger partial charge in [-0.15, -0.1) is 0 Å². The minimum absolute atomic E-state index is 0.134. The number of carboxylic acids is 2. The van der Waals surface area contributed by atoms with E-state index >= 15 is 0 Å². The van der Waals surface area contributed by atoms with E-state index in [9.17, 15) is 22.8 Å². The summed E-state index contributed by atoms with van der Waals surface area (Å²) >= 11 is 0. The van der Waals surface area contributed by atoms with Crippen molar-refractivity contribution in [2.45, 2.75) is 37.9 Å². The van der Waals surface area contributed by atoms with E-state index < -0.39 is 24.0 Å². The van der Waals surface area contributed by atoms with Gasteiger partial charge in [0.05, 0.1) is 17.2 Å². The molecule has 9 nitrogen and oxygen atoms in total. The Hall–Kier alpha value is -3.31. The number of aliphatic carboxylic acids is 2. The number of fused-ring (bicyclic) bond motifs is 1. The molecule has 1 aliphatic rings. The van der Waals surface area contributed by atoms with Gasteiger partial charge in [-0.2, -0.15) is 13.2 Å². The summed E-state index contributed by atoms with van der Waals surface area (Å²) in [5.41, 5.74) is 7.15. The van der Waals surface area contributed by atoms with Gasteiger partial charge in [-0.05, 0) is 31.7 Å². The largest absolute Gasteiger partial charge is 0.490 e. The van der Waals surface area contributed by atoms with E-state index in [1.165, 1.54) is 6.20 Å². The third kappa shape index (κ3) is 5.59. The number of nitrogens with one attached hydrogen (secondary N) is 2. The molecule has 0 aromatic carbocycles. The first-order chi connectivity index (χ1) is 13.5. The van der Waals surface area contributed by atoms with E-state index in [1.807, 2.05) is 6.07 Å². The van der Waals surface area contributed by atoms with Gasteiger partial charge in [0.15, 0.2) is 0 Å². The highest BCUT2D eigenvalue weighted by Crippen LogP contribution is 2.31. The Bertz CT molecular complexity index is 904. The van der Waals surface area contributed by atoms with Gasteiger partial charge in [0.1, 0.15) is 5.65 Å². The summed E-state index contributed by atoms with van der Waals surface area (Å²) < 4.78 is 31.7. The molecule has 3 rings (SSSR count). The average molecular weight is 416 g/mol. The number of halogens is 3. The Morgan fingerprint density at radius 2 is 1.76 bits per heavy atom. The van der Waals surface area contributed by atoms with Crippen molar-refractivity contribution in [3.8, 4) is 0 Å². The van der Waals surface area contributed by atoms with Crippen LogP contribution in [0.5, 0.6) is 0 Å². The van der Waals surface area contributed by atoms with Crippen LogP contribution in [-0.4, -0.2) is 50.2 Å². The SMILES string of the molecule is NC(=O)c1cnc2[nH]ccc2c1N[C@H]1CC[C@@H](C(=O)O)CC1.O=C(O)C(F)(F)F. The Kier molecular flexibility index (Phi) is 6.67. The number of aromatic nitrogens is 2. The second-order valence-corrected chi connectivity index (χ2v) is 6.49. The zero-order valence-electron chi connectivity index (χ0n) is 15.0. The number of pyridine rings is 1. The summed E-state index contributed by atoms with van der Waals surface area (Å²) in [5, 5.41) is 20.4.